The molecule has 7 heteroatoms. The van der Waals surface area contributed by atoms with Gasteiger partial charge in [-0.3, -0.25) is 4.79 Å². The monoisotopic (exact) mass is 311 g/mol. The number of aromatic nitrogens is 4. The third kappa shape index (κ3) is 3.28. The molecular weight excluding hydrogens is 294 g/mol. The van der Waals surface area contributed by atoms with Crippen LogP contribution in [0.15, 0.2) is 42.9 Å². The molecule has 3 aromatic heterocycles. The molecule has 0 radical (unpaired) electrons. The largest absolute Gasteiger partial charge is 0.475 e. The van der Waals surface area contributed by atoms with E-state index in [0.717, 1.165) is 6.42 Å². The SMILES string of the molecule is CC[C@@H](C)Oc1cc(C(=O)Nc2ccnc3ccnn23)ccn1. The summed E-state index contributed by atoms with van der Waals surface area (Å²) in [7, 11) is 0. The average molecular weight is 311 g/mol. The lowest BCUT2D eigenvalue weighted by molar-refractivity contribution is 0.102. The Morgan fingerprint density at radius 3 is 2.91 bits per heavy atom. The van der Waals surface area contributed by atoms with E-state index in [-0.39, 0.29) is 12.0 Å². The van der Waals surface area contributed by atoms with Crippen LogP contribution in [0.2, 0.25) is 0 Å². The first kappa shape index (κ1) is 15.0. The normalized spacial score (nSPS) is 12.1. The molecule has 3 heterocycles. The highest BCUT2D eigenvalue weighted by atomic mass is 16.5. The van der Waals surface area contributed by atoms with Crippen molar-refractivity contribution in [2.45, 2.75) is 26.4 Å². The van der Waals surface area contributed by atoms with Crippen LogP contribution in [0.3, 0.4) is 0 Å². The van der Waals surface area contributed by atoms with Crippen LogP contribution in [0, 0.1) is 0 Å². The first-order valence-corrected chi connectivity index (χ1v) is 7.40. The fourth-order valence-corrected chi connectivity index (χ4v) is 2.02. The van der Waals surface area contributed by atoms with Crippen molar-refractivity contribution in [1.29, 1.82) is 0 Å². The molecule has 0 saturated heterocycles. The van der Waals surface area contributed by atoms with Crippen molar-refractivity contribution in [3.63, 3.8) is 0 Å². The van der Waals surface area contributed by atoms with Gasteiger partial charge in [0.25, 0.3) is 5.91 Å². The summed E-state index contributed by atoms with van der Waals surface area (Å²) in [6, 6.07) is 6.72. The van der Waals surface area contributed by atoms with Crippen molar-refractivity contribution in [2.24, 2.45) is 0 Å². The fourth-order valence-electron chi connectivity index (χ4n) is 2.02. The van der Waals surface area contributed by atoms with Crippen molar-refractivity contribution in [1.82, 2.24) is 19.6 Å². The Balaban J connectivity index is 1.80. The molecule has 0 aliphatic heterocycles. The van der Waals surface area contributed by atoms with E-state index >= 15 is 0 Å². The topological polar surface area (TPSA) is 81.4 Å². The number of carbonyl (C=O) groups excluding carboxylic acids is 1. The Bertz CT molecular complexity index is 830. The molecule has 7 nitrogen and oxygen atoms in total. The van der Waals surface area contributed by atoms with Gasteiger partial charge in [0.15, 0.2) is 5.65 Å². The van der Waals surface area contributed by atoms with E-state index in [1.165, 1.54) is 0 Å². The van der Waals surface area contributed by atoms with Crippen LogP contribution in [-0.4, -0.2) is 31.6 Å². The van der Waals surface area contributed by atoms with Gasteiger partial charge in [-0.1, -0.05) is 6.92 Å². The lowest BCUT2D eigenvalue weighted by atomic mass is 10.2. The minimum absolute atomic E-state index is 0.0460. The standard InChI is InChI=1S/C16H17N5O2/c1-3-11(2)23-15-10-12(4-7-18-15)16(22)20-14-5-8-17-13-6-9-19-21(13)14/h4-11H,3H2,1-2H3,(H,20,22)/t11-/m1/s1. The lowest BCUT2D eigenvalue weighted by Crippen LogP contribution is -2.16. The van der Waals surface area contributed by atoms with Crippen LogP contribution >= 0.6 is 0 Å². The van der Waals surface area contributed by atoms with E-state index in [2.05, 4.69) is 20.4 Å². The van der Waals surface area contributed by atoms with Crippen molar-refractivity contribution < 1.29 is 9.53 Å². The summed E-state index contributed by atoms with van der Waals surface area (Å²) >= 11 is 0. The van der Waals surface area contributed by atoms with Crippen molar-refractivity contribution in [3.8, 4) is 5.88 Å². The Morgan fingerprint density at radius 1 is 1.26 bits per heavy atom. The summed E-state index contributed by atoms with van der Waals surface area (Å²) in [4.78, 5) is 20.7. The fraction of sp³-hybridized carbons (Fsp3) is 0.250. The second-order valence-electron chi connectivity index (χ2n) is 5.10. The van der Waals surface area contributed by atoms with E-state index in [1.54, 1.807) is 47.4 Å². The molecule has 0 bridgehead atoms. The molecule has 0 aromatic carbocycles. The summed E-state index contributed by atoms with van der Waals surface area (Å²) in [6.07, 6.45) is 5.72. The van der Waals surface area contributed by atoms with Gasteiger partial charge in [-0.2, -0.15) is 9.61 Å². The van der Waals surface area contributed by atoms with Crippen LogP contribution < -0.4 is 10.1 Å². The lowest BCUT2D eigenvalue weighted by Gasteiger charge is -2.12. The van der Waals surface area contributed by atoms with Crippen molar-refractivity contribution >= 4 is 17.4 Å². The summed E-state index contributed by atoms with van der Waals surface area (Å²) in [5, 5.41) is 6.96. The Morgan fingerprint density at radius 2 is 2.09 bits per heavy atom. The number of hydrogen-bond acceptors (Lipinski definition) is 5. The third-order valence-electron chi connectivity index (χ3n) is 3.43. The number of hydrogen-bond donors (Lipinski definition) is 1. The minimum Gasteiger partial charge on any atom is -0.475 e. The Hall–Kier alpha value is -2.96. The number of rotatable bonds is 5. The van der Waals surface area contributed by atoms with Crippen LogP contribution in [0.25, 0.3) is 5.65 Å². The van der Waals surface area contributed by atoms with E-state index in [4.69, 9.17) is 4.74 Å². The van der Waals surface area contributed by atoms with E-state index in [1.807, 2.05) is 13.8 Å². The maximum Gasteiger partial charge on any atom is 0.257 e. The molecule has 0 aliphatic rings. The Labute approximate surface area is 133 Å². The number of carbonyl (C=O) groups is 1. The van der Waals surface area contributed by atoms with Crippen LogP contribution in [0.1, 0.15) is 30.6 Å². The highest BCUT2D eigenvalue weighted by molar-refractivity contribution is 6.04. The number of pyridine rings is 1. The highest BCUT2D eigenvalue weighted by Gasteiger charge is 2.11. The van der Waals surface area contributed by atoms with Gasteiger partial charge < -0.3 is 10.1 Å². The van der Waals surface area contributed by atoms with Gasteiger partial charge in [-0.25, -0.2) is 9.97 Å². The second-order valence-corrected chi connectivity index (χ2v) is 5.10. The molecule has 1 atom stereocenters. The molecule has 3 rings (SSSR count). The molecule has 23 heavy (non-hydrogen) atoms. The third-order valence-corrected chi connectivity index (χ3v) is 3.43. The quantitative estimate of drug-likeness (QED) is 0.783. The molecule has 3 aromatic rings. The molecule has 118 valence electrons. The summed E-state index contributed by atoms with van der Waals surface area (Å²) in [5.41, 5.74) is 1.13. The molecule has 0 unspecified atom stereocenters. The number of fused-ring (bicyclic) bond motifs is 1. The highest BCUT2D eigenvalue weighted by Crippen LogP contribution is 2.15. The minimum atomic E-state index is -0.260. The summed E-state index contributed by atoms with van der Waals surface area (Å²) in [6.45, 7) is 3.99. The molecule has 0 aliphatic carbocycles. The molecule has 0 saturated carbocycles. The van der Waals surface area contributed by atoms with Crippen LogP contribution in [-0.2, 0) is 0 Å². The zero-order valence-electron chi connectivity index (χ0n) is 12.9. The van der Waals surface area contributed by atoms with Gasteiger partial charge >= 0.3 is 0 Å². The number of anilines is 1. The first-order valence-electron chi connectivity index (χ1n) is 7.40. The van der Waals surface area contributed by atoms with Gasteiger partial charge in [0, 0.05) is 30.1 Å². The second kappa shape index (κ2) is 6.43. The molecule has 0 fully saturated rings. The first-order chi connectivity index (χ1) is 11.2. The van der Waals surface area contributed by atoms with Gasteiger partial charge in [0.05, 0.1) is 12.3 Å². The van der Waals surface area contributed by atoms with Gasteiger partial charge in [-0.15, -0.1) is 0 Å². The van der Waals surface area contributed by atoms with Crippen LogP contribution in [0.4, 0.5) is 5.82 Å². The van der Waals surface area contributed by atoms with Crippen molar-refractivity contribution in [3.05, 3.63) is 48.4 Å². The summed E-state index contributed by atoms with van der Waals surface area (Å²) < 4.78 is 7.21. The van der Waals surface area contributed by atoms with Crippen molar-refractivity contribution in [2.75, 3.05) is 5.32 Å². The maximum absolute atomic E-state index is 12.4. The summed E-state index contributed by atoms with van der Waals surface area (Å²) in [5.74, 6) is 0.724. The zero-order chi connectivity index (χ0) is 16.2. The zero-order valence-corrected chi connectivity index (χ0v) is 12.9. The van der Waals surface area contributed by atoms with Crippen LogP contribution in [0.5, 0.6) is 5.88 Å². The van der Waals surface area contributed by atoms with Gasteiger partial charge in [-0.05, 0) is 25.5 Å². The molecule has 1 amide bonds. The van der Waals surface area contributed by atoms with E-state index < -0.39 is 0 Å². The molecule has 0 spiro atoms. The van der Waals surface area contributed by atoms with Gasteiger partial charge in [0.2, 0.25) is 5.88 Å². The maximum atomic E-state index is 12.4. The molecule has 1 N–H and O–H groups in total. The van der Waals surface area contributed by atoms with Gasteiger partial charge in [0.1, 0.15) is 5.82 Å². The Kier molecular flexibility index (Phi) is 4.18. The number of ether oxygens (including phenoxy) is 1. The number of amides is 1. The average Bonchev–Trinajstić information content (AvgIpc) is 3.04. The van der Waals surface area contributed by atoms with E-state index in [0.29, 0.717) is 22.9 Å². The smallest absolute Gasteiger partial charge is 0.257 e. The number of nitrogens with one attached hydrogen (secondary N) is 1. The number of nitrogens with zero attached hydrogens (tertiary/aromatic N) is 4. The van der Waals surface area contributed by atoms with E-state index in [9.17, 15) is 4.79 Å². The molecular formula is C16H17N5O2. The predicted octanol–water partition coefficient (Wildman–Crippen LogP) is 2.55. The predicted molar refractivity (Wildman–Crippen MR) is 85.6 cm³/mol.